The standard InChI is InChI=1S/C10H18N2O2S/c1-2-14-10(13)9(12)8-15-7-5-3-4-6-11/h9H,2-5,7-8,12H2,1H3. The van der Waals surface area contributed by atoms with Gasteiger partial charge in [0.15, 0.2) is 0 Å². The van der Waals surface area contributed by atoms with E-state index in [-0.39, 0.29) is 5.97 Å². The number of nitrogens with zero attached hydrogens (tertiary/aromatic N) is 1. The van der Waals surface area contributed by atoms with Gasteiger partial charge in [0.1, 0.15) is 6.04 Å². The molecular formula is C10H18N2O2S. The largest absolute Gasteiger partial charge is 0.465 e. The summed E-state index contributed by atoms with van der Waals surface area (Å²) in [5.41, 5.74) is 5.60. The maximum absolute atomic E-state index is 11.1. The molecule has 0 spiro atoms. The third-order valence-corrected chi connectivity index (χ3v) is 2.89. The topological polar surface area (TPSA) is 76.1 Å². The second-order valence-corrected chi connectivity index (χ2v) is 4.20. The Bertz CT molecular complexity index is 216. The third-order valence-electron chi connectivity index (χ3n) is 1.71. The molecule has 0 fully saturated rings. The Hall–Kier alpha value is -0.730. The van der Waals surface area contributed by atoms with Crippen molar-refractivity contribution < 1.29 is 9.53 Å². The molecule has 4 nitrogen and oxygen atoms in total. The van der Waals surface area contributed by atoms with E-state index in [1.54, 1.807) is 18.7 Å². The molecule has 0 aromatic rings. The van der Waals surface area contributed by atoms with E-state index in [4.69, 9.17) is 15.7 Å². The van der Waals surface area contributed by atoms with E-state index in [1.165, 1.54) is 0 Å². The smallest absolute Gasteiger partial charge is 0.323 e. The SMILES string of the molecule is CCOC(=O)C(N)CSCCCCC#N. The minimum atomic E-state index is -0.522. The number of esters is 1. The molecule has 0 saturated carbocycles. The van der Waals surface area contributed by atoms with E-state index in [0.717, 1.165) is 18.6 Å². The van der Waals surface area contributed by atoms with Crippen molar-refractivity contribution in [3.05, 3.63) is 0 Å². The number of hydrogen-bond donors (Lipinski definition) is 1. The molecule has 0 radical (unpaired) electrons. The zero-order chi connectivity index (χ0) is 11.5. The normalized spacial score (nSPS) is 11.8. The molecule has 86 valence electrons. The molecule has 0 aliphatic carbocycles. The summed E-state index contributed by atoms with van der Waals surface area (Å²) < 4.78 is 4.78. The molecule has 15 heavy (non-hydrogen) atoms. The van der Waals surface area contributed by atoms with Crippen LogP contribution >= 0.6 is 11.8 Å². The van der Waals surface area contributed by atoms with E-state index in [2.05, 4.69) is 6.07 Å². The van der Waals surface area contributed by atoms with Crippen molar-refractivity contribution >= 4 is 17.7 Å². The maximum Gasteiger partial charge on any atom is 0.323 e. The van der Waals surface area contributed by atoms with Gasteiger partial charge in [-0.2, -0.15) is 17.0 Å². The van der Waals surface area contributed by atoms with Crippen LogP contribution in [-0.2, 0) is 9.53 Å². The summed E-state index contributed by atoms with van der Waals surface area (Å²) in [7, 11) is 0. The van der Waals surface area contributed by atoms with Gasteiger partial charge in [-0.25, -0.2) is 0 Å². The van der Waals surface area contributed by atoms with Gasteiger partial charge in [-0.15, -0.1) is 0 Å². The lowest BCUT2D eigenvalue weighted by molar-refractivity contribution is -0.144. The van der Waals surface area contributed by atoms with E-state index < -0.39 is 6.04 Å². The molecule has 0 saturated heterocycles. The first-order chi connectivity index (χ1) is 7.22. The highest BCUT2D eigenvalue weighted by molar-refractivity contribution is 7.99. The van der Waals surface area contributed by atoms with Crippen LogP contribution in [0.1, 0.15) is 26.2 Å². The van der Waals surface area contributed by atoms with E-state index in [1.807, 2.05) is 0 Å². The molecule has 0 rings (SSSR count). The van der Waals surface area contributed by atoms with Crippen LogP contribution in [0.4, 0.5) is 0 Å². The van der Waals surface area contributed by atoms with Crippen LogP contribution in [0.3, 0.4) is 0 Å². The Labute approximate surface area is 95.2 Å². The van der Waals surface area contributed by atoms with Gasteiger partial charge in [0.2, 0.25) is 0 Å². The average Bonchev–Trinajstić information content (AvgIpc) is 2.23. The molecule has 0 aromatic carbocycles. The number of nitrogens with two attached hydrogens (primary N) is 1. The molecule has 0 bridgehead atoms. The monoisotopic (exact) mass is 230 g/mol. The Morgan fingerprint density at radius 3 is 2.93 bits per heavy atom. The molecule has 1 unspecified atom stereocenters. The van der Waals surface area contributed by atoms with Crippen LogP contribution in [0.2, 0.25) is 0 Å². The Morgan fingerprint density at radius 1 is 1.60 bits per heavy atom. The van der Waals surface area contributed by atoms with Crippen molar-refractivity contribution in [1.29, 1.82) is 5.26 Å². The first-order valence-electron chi connectivity index (χ1n) is 5.09. The molecule has 5 heteroatoms. The fourth-order valence-electron chi connectivity index (χ4n) is 0.936. The van der Waals surface area contributed by atoms with Gasteiger partial charge in [0, 0.05) is 12.2 Å². The molecule has 0 aliphatic rings. The third kappa shape index (κ3) is 8.28. The fourth-order valence-corrected chi connectivity index (χ4v) is 1.90. The van der Waals surface area contributed by atoms with Gasteiger partial charge in [-0.1, -0.05) is 0 Å². The highest BCUT2D eigenvalue weighted by Crippen LogP contribution is 2.07. The van der Waals surface area contributed by atoms with Gasteiger partial charge < -0.3 is 10.5 Å². The Kier molecular flexibility index (Phi) is 9.33. The summed E-state index contributed by atoms with van der Waals surface area (Å²) in [4.78, 5) is 11.1. The van der Waals surface area contributed by atoms with Crippen LogP contribution in [0.15, 0.2) is 0 Å². The average molecular weight is 230 g/mol. The first-order valence-corrected chi connectivity index (χ1v) is 6.24. The first kappa shape index (κ1) is 14.3. The zero-order valence-electron chi connectivity index (χ0n) is 9.07. The van der Waals surface area contributed by atoms with Gasteiger partial charge >= 0.3 is 5.97 Å². The van der Waals surface area contributed by atoms with Gasteiger partial charge in [0.05, 0.1) is 12.7 Å². The zero-order valence-corrected chi connectivity index (χ0v) is 9.89. The maximum atomic E-state index is 11.1. The van der Waals surface area contributed by atoms with Crippen molar-refractivity contribution in [3.63, 3.8) is 0 Å². The molecule has 0 amide bonds. The quantitative estimate of drug-likeness (QED) is 0.502. The summed E-state index contributed by atoms with van der Waals surface area (Å²) in [6.45, 7) is 2.14. The molecule has 2 N–H and O–H groups in total. The van der Waals surface area contributed by atoms with Crippen LogP contribution in [0, 0.1) is 11.3 Å². The number of nitriles is 1. The summed E-state index contributed by atoms with van der Waals surface area (Å²) in [6.07, 6.45) is 2.51. The second-order valence-electron chi connectivity index (χ2n) is 3.05. The fraction of sp³-hybridized carbons (Fsp3) is 0.800. The predicted molar refractivity (Wildman–Crippen MR) is 61.4 cm³/mol. The summed E-state index contributed by atoms with van der Waals surface area (Å²) >= 11 is 1.63. The number of unbranched alkanes of at least 4 members (excludes halogenated alkanes) is 2. The lowest BCUT2D eigenvalue weighted by Gasteiger charge is -2.09. The van der Waals surface area contributed by atoms with E-state index >= 15 is 0 Å². The van der Waals surface area contributed by atoms with Crippen LogP contribution < -0.4 is 5.73 Å². The molecule has 0 aromatic heterocycles. The predicted octanol–water partition coefficient (Wildman–Crippen LogP) is 1.30. The number of rotatable bonds is 8. The highest BCUT2D eigenvalue weighted by Gasteiger charge is 2.13. The lowest BCUT2D eigenvalue weighted by atomic mass is 10.3. The molecule has 0 heterocycles. The molecule has 0 aliphatic heterocycles. The van der Waals surface area contributed by atoms with Crippen molar-refractivity contribution in [2.75, 3.05) is 18.1 Å². The van der Waals surface area contributed by atoms with Crippen molar-refractivity contribution in [2.45, 2.75) is 32.2 Å². The van der Waals surface area contributed by atoms with Gasteiger partial charge in [0.25, 0.3) is 0 Å². The Morgan fingerprint density at radius 2 is 2.33 bits per heavy atom. The number of thioether (sulfide) groups is 1. The van der Waals surface area contributed by atoms with Crippen molar-refractivity contribution in [1.82, 2.24) is 0 Å². The van der Waals surface area contributed by atoms with Crippen LogP contribution in [0.5, 0.6) is 0 Å². The number of carbonyl (C=O) groups excluding carboxylic acids is 1. The number of carbonyl (C=O) groups is 1. The van der Waals surface area contributed by atoms with E-state index in [9.17, 15) is 4.79 Å². The minimum Gasteiger partial charge on any atom is -0.465 e. The number of ether oxygens (including phenoxy) is 1. The highest BCUT2D eigenvalue weighted by atomic mass is 32.2. The summed E-state index contributed by atoms with van der Waals surface area (Å²) in [5.74, 6) is 1.20. The second kappa shape index (κ2) is 9.81. The van der Waals surface area contributed by atoms with Crippen LogP contribution in [-0.4, -0.2) is 30.1 Å². The molecule has 1 atom stereocenters. The Balaban J connectivity index is 3.35. The van der Waals surface area contributed by atoms with Crippen LogP contribution in [0.25, 0.3) is 0 Å². The summed E-state index contributed by atoms with van der Waals surface area (Å²) in [6, 6.07) is 1.57. The van der Waals surface area contributed by atoms with Crippen molar-refractivity contribution in [3.8, 4) is 6.07 Å². The molecular weight excluding hydrogens is 212 g/mol. The van der Waals surface area contributed by atoms with Gasteiger partial charge in [-0.05, 0) is 25.5 Å². The number of hydrogen-bond acceptors (Lipinski definition) is 5. The van der Waals surface area contributed by atoms with E-state index in [0.29, 0.717) is 18.8 Å². The van der Waals surface area contributed by atoms with Gasteiger partial charge in [-0.3, -0.25) is 4.79 Å². The lowest BCUT2D eigenvalue weighted by Crippen LogP contribution is -2.34. The van der Waals surface area contributed by atoms with Crippen molar-refractivity contribution in [2.24, 2.45) is 5.73 Å². The minimum absolute atomic E-state index is 0.331. The summed E-state index contributed by atoms with van der Waals surface area (Å²) in [5, 5.41) is 8.30.